The Morgan fingerprint density at radius 2 is 2.12 bits per heavy atom. The SMILES string of the molecule is CC=Cc1ccc(Cn2cc(C(=O)O)c(C(F)(F)F)n2)c(OC)c1. The van der Waals surface area contributed by atoms with E-state index in [1.54, 1.807) is 18.2 Å². The molecule has 128 valence electrons. The van der Waals surface area contributed by atoms with Gasteiger partial charge in [-0.05, 0) is 18.6 Å². The van der Waals surface area contributed by atoms with Crippen LogP contribution in [0.5, 0.6) is 5.75 Å². The number of carboxylic acids is 1. The summed E-state index contributed by atoms with van der Waals surface area (Å²) < 4.78 is 44.8. The first-order valence-electron chi connectivity index (χ1n) is 6.93. The van der Waals surface area contributed by atoms with Gasteiger partial charge in [0.2, 0.25) is 0 Å². The number of hydrogen-bond acceptors (Lipinski definition) is 3. The van der Waals surface area contributed by atoms with Gasteiger partial charge in [0.25, 0.3) is 0 Å². The van der Waals surface area contributed by atoms with Crippen molar-refractivity contribution in [2.75, 3.05) is 7.11 Å². The molecule has 5 nitrogen and oxygen atoms in total. The molecule has 0 aliphatic heterocycles. The van der Waals surface area contributed by atoms with E-state index in [2.05, 4.69) is 5.10 Å². The smallest absolute Gasteiger partial charge is 0.436 e. The molecule has 0 aliphatic rings. The summed E-state index contributed by atoms with van der Waals surface area (Å²) >= 11 is 0. The minimum absolute atomic E-state index is 0.0460. The molecule has 1 aromatic carbocycles. The van der Waals surface area contributed by atoms with Gasteiger partial charge in [0, 0.05) is 11.8 Å². The Bertz CT molecular complexity index is 779. The molecule has 0 fully saturated rings. The van der Waals surface area contributed by atoms with Gasteiger partial charge in [-0.3, -0.25) is 4.68 Å². The van der Waals surface area contributed by atoms with Gasteiger partial charge in [0.05, 0.1) is 13.7 Å². The number of aromatic carboxylic acids is 1. The van der Waals surface area contributed by atoms with Gasteiger partial charge < -0.3 is 9.84 Å². The fraction of sp³-hybridized carbons (Fsp3) is 0.250. The Balaban J connectivity index is 2.40. The van der Waals surface area contributed by atoms with E-state index in [1.807, 2.05) is 19.1 Å². The number of allylic oxidation sites excluding steroid dienone is 1. The lowest BCUT2D eigenvalue weighted by atomic mass is 10.1. The van der Waals surface area contributed by atoms with Gasteiger partial charge >= 0.3 is 12.1 Å². The molecule has 2 rings (SSSR count). The molecule has 0 saturated heterocycles. The van der Waals surface area contributed by atoms with Crippen molar-refractivity contribution in [3.63, 3.8) is 0 Å². The maximum atomic E-state index is 12.9. The summed E-state index contributed by atoms with van der Waals surface area (Å²) in [5.74, 6) is -1.20. The minimum atomic E-state index is -4.83. The van der Waals surface area contributed by atoms with Crippen LogP contribution in [-0.2, 0) is 12.7 Å². The molecule has 8 heteroatoms. The highest BCUT2D eigenvalue weighted by Crippen LogP contribution is 2.31. The summed E-state index contributed by atoms with van der Waals surface area (Å²) in [6.07, 6.45) is -0.273. The maximum absolute atomic E-state index is 12.9. The zero-order valence-corrected chi connectivity index (χ0v) is 13.0. The van der Waals surface area contributed by atoms with Crippen LogP contribution in [0.3, 0.4) is 0 Å². The van der Waals surface area contributed by atoms with Crippen LogP contribution in [-0.4, -0.2) is 28.0 Å². The fourth-order valence-corrected chi connectivity index (χ4v) is 2.23. The number of hydrogen-bond donors (Lipinski definition) is 1. The molecule has 1 heterocycles. The number of aromatic nitrogens is 2. The number of carbonyl (C=O) groups is 1. The van der Waals surface area contributed by atoms with E-state index < -0.39 is 23.4 Å². The van der Waals surface area contributed by atoms with E-state index >= 15 is 0 Å². The number of alkyl halides is 3. The molecule has 0 bridgehead atoms. The molecule has 0 saturated carbocycles. The summed E-state index contributed by atoms with van der Waals surface area (Å²) in [5.41, 5.74) is -0.841. The number of nitrogens with zero attached hydrogens (tertiary/aromatic N) is 2. The molecule has 2 aromatic rings. The molecular weight excluding hydrogens is 325 g/mol. The molecule has 24 heavy (non-hydrogen) atoms. The van der Waals surface area contributed by atoms with Crippen molar-refractivity contribution in [1.29, 1.82) is 0 Å². The van der Waals surface area contributed by atoms with E-state index in [4.69, 9.17) is 9.84 Å². The zero-order chi connectivity index (χ0) is 17.9. The van der Waals surface area contributed by atoms with Gasteiger partial charge in [-0.15, -0.1) is 0 Å². The molecule has 0 atom stereocenters. The summed E-state index contributed by atoms with van der Waals surface area (Å²) in [4.78, 5) is 11.0. The summed E-state index contributed by atoms with van der Waals surface area (Å²) in [5, 5.41) is 12.3. The number of benzene rings is 1. The first-order valence-corrected chi connectivity index (χ1v) is 6.93. The number of ether oxygens (including phenoxy) is 1. The third-order valence-corrected chi connectivity index (χ3v) is 3.26. The van der Waals surface area contributed by atoms with Crippen LogP contribution in [0.1, 0.15) is 34.1 Å². The van der Waals surface area contributed by atoms with E-state index in [9.17, 15) is 18.0 Å². The Morgan fingerprint density at radius 3 is 2.62 bits per heavy atom. The predicted octanol–water partition coefficient (Wildman–Crippen LogP) is 3.69. The van der Waals surface area contributed by atoms with Gasteiger partial charge in [-0.25, -0.2) is 4.79 Å². The molecule has 0 unspecified atom stereocenters. The topological polar surface area (TPSA) is 64.4 Å². The summed E-state index contributed by atoms with van der Waals surface area (Å²) in [6, 6.07) is 5.22. The minimum Gasteiger partial charge on any atom is -0.496 e. The third kappa shape index (κ3) is 3.76. The molecule has 0 spiro atoms. The molecule has 0 radical (unpaired) electrons. The van der Waals surface area contributed by atoms with Crippen LogP contribution in [0.2, 0.25) is 0 Å². The van der Waals surface area contributed by atoms with Crippen molar-refractivity contribution in [2.45, 2.75) is 19.6 Å². The van der Waals surface area contributed by atoms with E-state index in [0.29, 0.717) is 11.3 Å². The standard InChI is InChI=1S/C16H15F3N2O3/c1-3-4-10-5-6-11(13(7-10)24-2)8-21-9-12(15(22)23)14(20-21)16(17,18)19/h3-7,9H,8H2,1-2H3,(H,22,23). The number of methoxy groups -OCH3 is 1. The lowest BCUT2D eigenvalue weighted by molar-refractivity contribution is -0.142. The van der Waals surface area contributed by atoms with Gasteiger partial charge in [-0.2, -0.15) is 18.3 Å². The fourth-order valence-electron chi connectivity index (χ4n) is 2.23. The van der Waals surface area contributed by atoms with Crippen molar-refractivity contribution < 1.29 is 27.8 Å². The van der Waals surface area contributed by atoms with Crippen LogP contribution in [0.4, 0.5) is 13.2 Å². The highest BCUT2D eigenvalue weighted by atomic mass is 19.4. The molecular formula is C16H15F3N2O3. The summed E-state index contributed by atoms with van der Waals surface area (Å²) in [7, 11) is 1.45. The lowest BCUT2D eigenvalue weighted by Crippen LogP contribution is -2.12. The van der Waals surface area contributed by atoms with Crippen molar-refractivity contribution >= 4 is 12.0 Å². The van der Waals surface area contributed by atoms with Crippen LogP contribution < -0.4 is 4.74 Å². The molecule has 1 N–H and O–H groups in total. The second-order valence-electron chi connectivity index (χ2n) is 4.96. The van der Waals surface area contributed by atoms with Crippen LogP contribution in [0, 0.1) is 0 Å². The first kappa shape index (κ1) is 17.6. The Morgan fingerprint density at radius 1 is 1.42 bits per heavy atom. The summed E-state index contributed by atoms with van der Waals surface area (Å²) in [6.45, 7) is 1.81. The van der Waals surface area contributed by atoms with Crippen molar-refractivity contribution in [1.82, 2.24) is 9.78 Å². The number of halogens is 3. The molecule has 0 aliphatic carbocycles. The van der Waals surface area contributed by atoms with Crippen LogP contribution >= 0.6 is 0 Å². The Kier molecular flexibility index (Phi) is 4.96. The monoisotopic (exact) mass is 340 g/mol. The van der Waals surface area contributed by atoms with Gasteiger partial charge in [0.1, 0.15) is 11.3 Å². The largest absolute Gasteiger partial charge is 0.496 e. The van der Waals surface area contributed by atoms with Crippen molar-refractivity contribution in [3.05, 3.63) is 52.9 Å². The quantitative estimate of drug-likeness (QED) is 0.902. The average Bonchev–Trinajstić information content (AvgIpc) is 2.93. The normalized spacial score (nSPS) is 11.9. The van der Waals surface area contributed by atoms with Crippen LogP contribution in [0.25, 0.3) is 6.08 Å². The van der Waals surface area contributed by atoms with E-state index in [1.165, 1.54) is 7.11 Å². The highest BCUT2D eigenvalue weighted by molar-refractivity contribution is 5.88. The first-order chi connectivity index (χ1) is 11.3. The van der Waals surface area contributed by atoms with Crippen molar-refractivity contribution in [3.8, 4) is 5.75 Å². The molecule has 1 aromatic heterocycles. The van der Waals surface area contributed by atoms with E-state index in [-0.39, 0.29) is 6.54 Å². The van der Waals surface area contributed by atoms with E-state index in [0.717, 1.165) is 16.4 Å². The maximum Gasteiger partial charge on any atom is 0.436 e. The molecule has 0 amide bonds. The Hall–Kier alpha value is -2.77. The number of rotatable bonds is 5. The zero-order valence-electron chi connectivity index (χ0n) is 13.0. The second-order valence-corrected chi connectivity index (χ2v) is 4.96. The average molecular weight is 340 g/mol. The Labute approximate surface area is 136 Å². The third-order valence-electron chi connectivity index (χ3n) is 3.26. The van der Waals surface area contributed by atoms with Crippen LogP contribution in [0.15, 0.2) is 30.5 Å². The van der Waals surface area contributed by atoms with Gasteiger partial charge in [0.15, 0.2) is 5.69 Å². The predicted molar refractivity (Wildman–Crippen MR) is 81.0 cm³/mol. The lowest BCUT2D eigenvalue weighted by Gasteiger charge is -2.10. The second kappa shape index (κ2) is 6.77. The van der Waals surface area contributed by atoms with Crippen molar-refractivity contribution in [2.24, 2.45) is 0 Å². The van der Waals surface area contributed by atoms with Gasteiger partial charge in [-0.1, -0.05) is 24.3 Å². The highest BCUT2D eigenvalue weighted by Gasteiger charge is 2.39. The number of carboxylic acid groups (broad SMARTS) is 1.